The topological polar surface area (TPSA) is 44.7 Å². The highest BCUT2D eigenvalue weighted by Gasteiger charge is 2.09. The van der Waals surface area contributed by atoms with Gasteiger partial charge in [-0.05, 0) is 31.1 Å². The minimum atomic E-state index is -0.356. The number of methoxy groups -OCH3 is 1. The average Bonchev–Trinajstić information content (AvgIpc) is 2.49. The van der Waals surface area contributed by atoms with Crippen LogP contribution in [0.3, 0.4) is 0 Å². The lowest BCUT2D eigenvalue weighted by atomic mass is 10.1. The fourth-order valence-corrected chi connectivity index (χ4v) is 2.19. The normalized spacial score (nSPS) is 12.7. The molecular weight excluding hydrogens is 252 g/mol. The maximum atomic E-state index is 10.1. The third-order valence-electron chi connectivity index (χ3n) is 3.48. The van der Waals surface area contributed by atoms with Crippen LogP contribution in [0.1, 0.15) is 19.4 Å². The highest BCUT2D eigenvalue weighted by Crippen LogP contribution is 2.15. The first-order valence-electron chi connectivity index (χ1n) is 7.42. The highest BCUT2D eigenvalue weighted by atomic mass is 16.5. The molecule has 1 aromatic rings. The number of aliphatic hydroxyl groups excluding tert-OH is 1. The van der Waals surface area contributed by atoms with E-state index in [0.29, 0.717) is 19.7 Å². The van der Waals surface area contributed by atoms with Gasteiger partial charge in [-0.2, -0.15) is 0 Å². The molecule has 0 bridgehead atoms. The summed E-state index contributed by atoms with van der Waals surface area (Å²) in [7, 11) is 1.71. The molecule has 114 valence electrons. The lowest BCUT2D eigenvalue weighted by molar-refractivity contribution is 0.128. The molecule has 0 spiro atoms. The van der Waals surface area contributed by atoms with Crippen LogP contribution in [-0.2, 0) is 11.2 Å². The summed E-state index contributed by atoms with van der Waals surface area (Å²) in [4.78, 5) is 2.23. The van der Waals surface area contributed by atoms with Crippen LogP contribution in [0.25, 0.3) is 0 Å². The Hall–Kier alpha value is -1.10. The zero-order valence-electron chi connectivity index (χ0n) is 12.9. The quantitative estimate of drug-likeness (QED) is 0.688. The number of ether oxygens (including phenoxy) is 1. The first-order valence-corrected chi connectivity index (χ1v) is 7.42. The molecule has 0 fully saturated rings. The van der Waals surface area contributed by atoms with Crippen LogP contribution < -0.4 is 5.32 Å². The van der Waals surface area contributed by atoms with Gasteiger partial charge in [0.05, 0.1) is 12.7 Å². The second-order valence-electron chi connectivity index (χ2n) is 4.92. The molecule has 0 aliphatic heterocycles. The lowest BCUT2D eigenvalue weighted by Crippen LogP contribution is -2.36. The van der Waals surface area contributed by atoms with E-state index in [1.807, 2.05) is 12.1 Å². The van der Waals surface area contributed by atoms with E-state index in [9.17, 15) is 5.11 Å². The van der Waals surface area contributed by atoms with Gasteiger partial charge in [-0.1, -0.05) is 32.0 Å². The number of nitrogens with zero attached hydrogens (tertiary/aromatic N) is 1. The smallest absolute Gasteiger partial charge is 0.0839 e. The maximum Gasteiger partial charge on any atom is 0.0839 e. The molecule has 0 aliphatic carbocycles. The standard InChI is InChI=1S/C16H28N2O2/c1-4-18(5-2)13-15(19)12-17-16-9-7-6-8-14(16)10-11-20-3/h6-9,15,17,19H,4-5,10-13H2,1-3H3. The molecule has 0 saturated carbocycles. The second kappa shape index (κ2) is 9.75. The fourth-order valence-electron chi connectivity index (χ4n) is 2.19. The van der Waals surface area contributed by atoms with E-state index in [4.69, 9.17) is 4.74 Å². The zero-order chi connectivity index (χ0) is 14.8. The molecular formula is C16H28N2O2. The number of hydrogen-bond donors (Lipinski definition) is 2. The zero-order valence-corrected chi connectivity index (χ0v) is 12.9. The number of aliphatic hydroxyl groups is 1. The Labute approximate surface area is 122 Å². The van der Waals surface area contributed by atoms with Crippen molar-refractivity contribution in [1.29, 1.82) is 0 Å². The van der Waals surface area contributed by atoms with Crippen LogP contribution in [0, 0.1) is 0 Å². The number of para-hydroxylation sites is 1. The van der Waals surface area contributed by atoms with Crippen molar-refractivity contribution in [2.45, 2.75) is 26.4 Å². The van der Waals surface area contributed by atoms with E-state index < -0.39 is 0 Å². The maximum absolute atomic E-state index is 10.1. The van der Waals surface area contributed by atoms with E-state index in [0.717, 1.165) is 25.2 Å². The molecule has 20 heavy (non-hydrogen) atoms. The molecule has 0 aliphatic rings. The van der Waals surface area contributed by atoms with Crippen LogP contribution >= 0.6 is 0 Å². The van der Waals surface area contributed by atoms with E-state index in [1.165, 1.54) is 5.56 Å². The predicted octanol–water partition coefficient (Wildman–Crippen LogP) is 1.99. The number of anilines is 1. The van der Waals surface area contributed by atoms with Crippen molar-refractivity contribution >= 4 is 5.69 Å². The summed E-state index contributed by atoms with van der Waals surface area (Å²) in [5.74, 6) is 0. The second-order valence-corrected chi connectivity index (χ2v) is 4.92. The van der Waals surface area contributed by atoms with Gasteiger partial charge in [-0.15, -0.1) is 0 Å². The van der Waals surface area contributed by atoms with E-state index in [1.54, 1.807) is 7.11 Å². The van der Waals surface area contributed by atoms with Gasteiger partial charge in [0.1, 0.15) is 0 Å². The molecule has 2 N–H and O–H groups in total. The molecule has 4 nitrogen and oxygen atoms in total. The first kappa shape index (κ1) is 17.0. The van der Waals surface area contributed by atoms with Crippen LogP contribution in [0.5, 0.6) is 0 Å². The van der Waals surface area contributed by atoms with Crippen molar-refractivity contribution in [3.8, 4) is 0 Å². The average molecular weight is 280 g/mol. The molecule has 0 aromatic heterocycles. The Morgan fingerprint density at radius 3 is 2.60 bits per heavy atom. The predicted molar refractivity (Wildman–Crippen MR) is 84.3 cm³/mol. The number of rotatable bonds is 10. The van der Waals surface area contributed by atoms with Crippen molar-refractivity contribution in [1.82, 2.24) is 4.90 Å². The van der Waals surface area contributed by atoms with E-state index in [-0.39, 0.29) is 6.10 Å². The van der Waals surface area contributed by atoms with Gasteiger partial charge in [-0.3, -0.25) is 0 Å². The summed E-state index contributed by atoms with van der Waals surface area (Å²) in [6, 6.07) is 8.19. The first-order chi connectivity index (χ1) is 9.71. The molecule has 1 rings (SSSR count). The van der Waals surface area contributed by atoms with Crippen LogP contribution in [0.15, 0.2) is 24.3 Å². The lowest BCUT2D eigenvalue weighted by Gasteiger charge is -2.22. The van der Waals surface area contributed by atoms with Gasteiger partial charge < -0.3 is 20.1 Å². The van der Waals surface area contributed by atoms with Crippen LogP contribution in [0.2, 0.25) is 0 Å². The highest BCUT2D eigenvalue weighted by molar-refractivity contribution is 5.51. The van der Waals surface area contributed by atoms with E-state index >= 15 is 0 Å². The van der Waals surface area contributed by atoms with Gasteiger partial charge in [0.15, 0.2) is 0 Å². The number of nitrogens with one attached hydrogen (secondary N) is 1. The summed E-state index contributed by atoms with van der Waals surface area (Å²) >= 11 is 0. The molecule has 0 heterocycles. The van der Waals surface area contributed by atoms with Gasteiger partial charge in [0.25, 0.3) is 0 Å². The summed E-state index contributed by atoms with van der Waals surface area (Å²) in [5, 5.41) is 13.4. The summed E-state index contributed by atoms with van der Waals surface area (Å²) in [5.41, 5.74) is 2.31. The van der Waals surface area contributed by atoms with Crippen molar-refractivity contribution in [2.75, 3.05) is 45.2 Å². The Morgan fingerprint density at radius 2 is 1.95 bits per heavy atom. The Balaban J connectivity index is 2.48. The molecule has 0 radical (unpaired) electrons. The van der Waals surface area contributed by atoms with Crippen molar-refractivity contribution in [3.05, 3.63) is 29.8 Å². The molecule has 1 atom stereocenters. The largest absolute Gasteiger partial charge is 0.390 e. The molecule has 1 unspecified atom stereocenters. The number of hydrogen-bond acceptors (Lipinski definition) is 4. The molecule has 1 aromatic carbocycles. The van der Waals surface area contributed by atoms with Crippen molar-refractivity contribution in [3.63, 3.8) is 0 Å². The van der Waals surface area contributed by atoms with Gasteiger partial charge in [-0.25, -0.2) is 0 Å². The molecule has 0 saturated heterocycles. The fraction of sp³-hybridized carbons (Fsp3) is 0.625. The van der Waals surface area contributed by atoms with Gasteiger partial charge >= 0.3 is 0 Å². The number of benzene rings is 1. The third kappa shape index (κ3) is 5.90. The Morgan fingerprint density at radius 1 is 1.25 bits per heavy atom. The number of likely N-dealkylation sites (N-methyl/N-ethyl adjacent to an activating group) is 1. The minimum Gasteiger partial charge on any atom is -0.390 e. The Bertz CT molecular complexity index is 367. The molecule has 0 amide bonds. The summed E-state index contributed by atoms with van der Waals surface area (Å²) in [6.07, 6.45) is 0.525. The third-order valence-corrected chi connectivity index (χ3v) is 3.48. The van der Waals surface area contributed by atoms with Gasteiger partial charge in [0.2, 0.25) is 0 Å². The van der Waals surface area contributed by atoms with Crippen LogP contribution in [0.4, 0.5) is 5.69 Å². The van der Waals surface area contributed by atoms with Crippen molar-refractivity contribution in [2.24, 2.45) is 0 Å². The summed E-state index contributed by atoms with van der Waals surface area (Å²) < 4.78 is 5.12. The molecule has 4 heteroatoms. The van der Waals surface area contributed by atoms with E-state index in [2.05, 4.69) is 36.2 Å². The van der Waals surface area contributed by atoms with Gasteiger partial charge in [0, 0.05) is 25.9 Å². The monoisotopic (exact) mass is 280 g/mol. The van der Waals surface area contributed by atoms with Crippen LogP contribution in [-0.4, -0.2) is 56.0 Å². The summed E-state index contributed by atoms with van der Waals surface area (Å²) in [6.45, 7) is 8.16. The minimum absolute atomic E-state index is 0.356. The van der Waals surface area contributed by atoms with Crippen molar-refractivity contribution < 1.29 is 9.84 Å². The SMILES string of the molecule is CCN(CC)CC(O)CNc1ccccc1CCOC. The Kier molecular flexibility index (Phi) is 8.26.